The van der Waals surface area contributed by atoms with Crippen LogP contribution in [-0.2, 0) is 9.53 Å². The molecule has 0 saturated heterocycles. The predicted molar refractivity (Wildman–Crippen MR) is 83.0 cm³/mol. The number of nitro groups is 1. The lowest BCUT2D eigenvalue weighted by atomic mass is 10.2. The highest BCUT2D eigenvalue weighted by Crippen LogP contribution is 2.14. The quantitative estimate of drug-likeness (QED) is 0.515. The number of halogens is 1. The molecule has 2 aromatic carbocycles. The van der Waals surface area contributed by atoms with Crippen molar-refractivity contribution in [3.63, 3.8) is 0 Å². The van der Waals surface area contributed by atoms with Gasteiger partial charge in [0.05, 0.1) is 10.5 Å². The first-order valence-corrected chi connectivity index (χ1v) is 6.88. The number of nitrogens with one attached hydrogen (secondary N) is 1. The second kappa shape index (κ2) is 7.32. The lowest BCUT2D eigenvalue weighted by Crippen LogP contribution is -2.30. The smallest absolute Gasteiger partial charge is 0.338 e. The van der Waals surface area contributed by atoms with Crippen molar-refractivity contribution in [2.24, 2.45) is 0 Å². The minimum atomic E-state index is -1.10. The number of nitrogens with zero attached hydrogens (tertiary/aromatic N) is 1. The summed E-state index contributed by atoms with van der Waals surface area (Å²) in [4.78, 5) is 33.8. The summed E-state index contributed by atoms with van der Waals surface area (Å²) < 4.78 is 17.8. The molecule has 1 atom stereocenters. The maximum Gasteiger partial charge on any atom is 0.338 e. The van der Waals surface area contributed by atoms with Gasteiger partial charge < -0.3 is 10.1 Å². The summed E-state index contributed by atoms with van der Waals surface area (Å²) in [7, 11) is 0. The highest BCUT2D eigenvalue weighted by molar-refractivity contribution is 5.97. The monoisotopic (exact) mass is 332 g/mol. The van der Waals surface area contributed by atoms with E-state index in [4.69, 9.17) is 4.74 Å². The third-order valence-corrected chi connectivity index (χ3v) is 3.08. The minimum Gasteiger partial charge on any atom is -0.449 e. The number of carbonyl (C=O) groups excluding carboxylic acids is 2. The first kappa shape index (κ1) is 17.1. The van der Waals surface area contributed by atoms with E-state index < -0.39 is 28.7 Å². The SMILES string of the molecule is C[C@H](OC(=O)c1ccc([N+](=O)[O-])cc1)C(=O)Nc1ccc(F)cc1. The normalized spacial score (nSPS) is 11.4. The molecule has 0 saturated carbocycles. The summed E-state index contributed by atoms with van der Waals surface area (Å²) in [5, 5.41) is 13.0. The molecule has 0 aliphatic heterocycles. The molecule has 0 aliphatic carbocycles. The van der Waals surface area contributed by atoms with Gasteiger partial charge in [-0.2, -0.15) is 0 Å². The van der Waals surface area contributed by atoms with Crippen LogP contribution in [0.5, 0.6) is 0 Å². The van der Waals surface area contributed by atoms with Crippen LogP contribution in [0.3, 0.4) is 0 Å². The van der Waals surface area contributed by atoms with Gasteiger partial charge >= 0.3 is 5.97 Å². The molecule has 2 rings (SSSR count). The first-order chi connectivity index (χ1) is 11.4. The molecule has 0 bridgehead atoms. The zero-order chi connectivity index (χ0) is 17.7. The standard InChI is InChI=1S/C16H13FN2O5/c1-10(15(20)18-13-6-4-12(17)5-7-13)24-16(21)11-2-8-14(9-3-11)19(22)23/h2-10H,1H3,(H,18,20)/t10-/m0/s1. The zero-order valence-electron chi connectivity index (χ0n) is 12.6. The maximum absolute atomic E-state index is 12.8. The van der Waals surface area contributed by atoms with Crippen LogP contribution < -0.4 is 5.32 Å². The van der Waals surface area contributed by atoms with E-state index in [0.717, 1.165) is 0 Å². The Morgan fingerprint density at radius 2 is 1.71 bits per heavy atom. The van der Waals surface area contributed by atoms with E-state index >= 15 is 0 Å². The van der Waals surface area contributed by atoms with Gasteiger partial charge in [-0.05, 0) is 43.3 Å². The van der Waals surface area contributed by atoms with Crippen LogP contribution in [0.25, 0.3) is 0 Å². The molecule has 124 valence electrons. The summed E-state index contributed by atoms with van der Waals surface area (Å²) in [6.07, 6.45) is -1.10. The van der Waals surface area contributed by atoms with Crippen molar-refractivity contribution in [2.75, 3.05) is 5.32 Å². The van der Waals surface area contributed by atoms with E-state index in [1.54, 1.807) is 0 Å². The van der Waals surface area contributed by atoms with Crippen LogP contribution in [0, 0.1) is 15.9 Å². The molecule has 0 unspecified atom stereocenters. The Morgan fingerprint density at radius 1 is 1.12 bits per heavy atom. The number of amides is 1. The fraction of sp³-hybridized carbons (Fsp3) is 0.125. The first-order valence-electron chi connectivity index (χ1n) is 6.88. The number of rotatable bonds is 5. The van der Waals surface area contributed by atoms with Crippen LogP contribution in [0.15, 0.2) is 48.5 Å². The third kappa shape index (κ3) is 4.35. The Hall–Kier alpha value is -3.29. The molecule has 24 heavy (non-hydrogen) atoms. The van der Waals surface area contributed by atoms with E-state index in [1.807, 2.05) is 0 Å². The number of carbonyl (C=O) groups is 2. The van der Waals surface area contributed by atoms with Gasteiger partial charge in [-0.25, -0.2) is 9.18 Å². The van der Waals surface area contributed by atoms with Gasteiger partial charge in [0.25, 0.3) is 11.6 Å². The Balaban J connectivity index is 1.96. The number of esters is 1. The summed E-state index contributed by atoms with van der Waals surface area (Å²) in [6.45, 7) is 1.38. The van der Waals surface area contributed by atoms with Crippen molar-refractivity contribution in [1.82, 2.24) is 0 Å². The van der Waals surface area contributed by atoms with Crippen LogP contribution in [0.2, 0.25) is 0 Å². The maximum atomic E-state index is 12.8. The molecule has 0 fully saturated rings. The van der Waals surface area contributed by atoms with Crippen molar-refractivity contribution < 1.29 is 23.6 Å². The van der Waals surface area contributed by atoms with Crippen LogP contribution in [0.1, 0.15) is 17.3 Å². The van der Waals surface area contributed by atoms with Crippen molar-refractivity contribution in [3.05, 3.63) is 70.0 Å². The number of anilines is 1. The number of hydrogen-bond donors (Lipinski definition) is 1. The van der Waals surface area contributed by atoms with Crippen LogP contribution >= 0.6 is 0 Å². The fourth-order valence-electron chi connectivity index (χ4n) is 1.78. The van der Waals surface area contributed by atoms with Gasteiger partial charge in [0.15, 0.2) is 6.10 Å². The molecule has 1 N–H and O–H groups in total. The second-order valence-electron chi connectivity index (χ2n) is 4.85. The number of non-ortho nitro benzene ring substituents is 1. The molecule has 1 amide bonds. The number of nitro benzene ring substituents is 1. The Kier molecular flexibility index (Phi) is 5.20. The highest BCUT2D eigenvalue weighted by Gasteiger charge is 2.19. The van der Waals surface area contributed by atoms with Gasteiger partial charge in [-0.3, -0.25) is 14.9 Å². The molecule has 2 aromatic rings. The Labute approximate surface area is 136 Å². The summed E-state index contributed by atoms with van der Waals surface area (Å²) in [5.74, 6) is -1.81. The average Bonchev–Trinajstić information content (AvgIpc) is 2.56. The fourth-order valence-corrected chi connectivity index (χ4v) is 1.78. The molecule has 0 heterocycles. The Bertz CT molecular complexity index is 759. The zero-order valence-corrected chi connectivity index (χ0v) is 12.6. The molecule has 8 heteroatoms. The van der Waals surface area contributed by atoms with Crippen LogP contribution in [0.4, 0.5) is 15.8 Å². The Morgan fingerprint density at radius 3 is 2.25 bits per heavy atom. The minimum absolute atomic E-state index is 0.0852. The van der Waals surface area contributed by atoms with Crippen LogP contribution in [-0.4, -0.2) is 22.9 Å². The molecule has 0 aliphatic rings. The van der Waals surface area contributed by atoms with Crippen molar-refractivity contribution >= 4 is 23.3 Å². The van der Waals surface area contributed by atoms with E-state index in [0.29, 0.717) is 5.69 Å². The molecule has 0 aromatic heterocycles. The molecular formula is C16H13FN2O5. The number of ether oxygens (including phenoxy) is 1. The van der Waals surface area contributed by atoms with Gasteiger partial charge in [0.2, 0.25) is 0 Å². The lowest BCUT2D eigenvalue weighted by Gasteiger charge is -2.13. The molecular weight excluding hydrogens is 319 g/mol. The number of benzene rings is 2. The average molecular weight is 332 g/mol. The predicted octanol–water partition coefficient (Wildman–Crippen LogP) is 2.92. The summed E-state index contributed by atoms with van der Waals surface area (Å²) >= 11 is 0. The molecule has 0 radical (unpaired) electrons. The van der Waals surface area contributed by atoms with E-state index in [2.05, 4.69) is 5.32 Å². The van der Waals surface area contributed by atoms with Gasteiger partial charge in [-0.1, -0.05) is 0 Å². The van der Waals surface area contributed by atoms with Crippen molar-refractivity contribution in [3.8, 4) is 0 Å². The van der Waals surface area contributed by atoms with Crippen molar-refractivity contribution in [1.29, 1.82) is 0 Å². The van der Waals surface area contributed by atoms with Gasteiger partial charge in [0, 0.05) is 17.8 Å². The summed E-state index contributed by atoms with van der Waals surface area (Å²) in [6, 6.07) is 9.93. The second-order valence-corrected chi connectivity index (χ2v) is 4.85. The molecule has 0 spiro atoms. The van der Waals surface area contributed by atoms with E-state index in [9.17, 15) is 24.1 Å². The lowest BCUT2D eigenvalue weighted by molar-refractivity contribution is -0.384. The highest BCUT2D eigenvalue weighted by atomic mass is 19.1. The van der Waals surface area contributed by atoms with E-state index in [-0.39, 0.29) is 11.3 Å². The van der Waals surface area contributed by atoms with Crippen molar-refractivity contribution in [2.45, 2.75) is 13.0 Å². The third-order valence-electron chi connectivity index (χ3n) is 3.08. The molecule has 7 nitrogen and oxygen atoms in total. The summed E-state index contributed by atoms with van der Waals surface area (Å²) in [5.41, 5.74) is 0.287. The topological polar surface area (TPSA) is 98.5 Å². The van der Waals surface area contributed by atoms with E-state index in [1.165, 1.54) is 55.5 Å². The van der Waals surface area contributed by atoms with Gasteiger partial charge in [-0.15, -0.1) is 0 Å². The van der Waals surface area contributed by atoms with Gasteiger partial charge in [0.1, 0.15) is 5.82 Å². The largest absolute Gasteiger partial charge is 0.449 e. The number of hydrogen-bond acceptors (Lipinski definition) is 5.